The summed E-state index contributed by atoms with van der Waals surface area (Å²) < 4.78 is 7.86. The first-order chi connectivity index (χ1) is 9.47. The van der Waals surface area contributed by atoms with Crippen LogP contribution in [0, 0.1) is 6.92 Å². The van der Waals surface area contributed by atoms with Crippen LogP contribution < -0.4 is 5.73 Å². The Morgan fingerprint density at radius 2 is 2.05 bits per heavy atom. The zero-order chi connectivity index (χ0) is 14.7. The number of benzene rings is 1. The van der Waals surface area contributed by atoms with Gasteiger partial charge in [0.2, 0.25) is 0 Å². The molecule has 2 aromatic rings. The second-order valence-electron chi connectivity index (χ2n) is 4.55. The highest BCUT2D eigenvalue weighted by atomic mass is 79.9. The summed E-state index contributed by atoms with van der Waals surface area (Å²) in [5.41, 5.74) is 8.87. The van der Waals surface area contributed by atoms with Crippen LogP contribution >= 0.6 is 15.9 Å². The molecule has 0 aliphatic carbocycles. The average Bonchev–Trinajstić information content (AvgIpc) is 2.64. The summed E-state index contributed by atoms with van der Waals surface area (Å²) in [6.45, 7) is 2.09. The molecule has 0 saturated heterocycles. The molecule has 2 N–H and O–H groups in total. The number of carbonyl (C=O) groups excluding carboxylic acids is 1. The molecule has 1 aromatic carbocycles. The van der Waals surface area contributed by atoms with Gasteiger partial charge in [-0.1, -0.05) is 12.1 Å². The second-order valence-corrected chi connectivity index (χ2v) is 5.34. The molecule has 0 fully saturated rings. The topological polar surface area (TPSA) is 70.1 Å². The maximum Gasteiger partial charge on any atom is 0.310 e. The van der Waals surface area contributed by atoms with E-state index in [4.69, 9.17) is 10.5 Å². The van der Waals surface area contributed by atoms with Crippen LogP contribution in [-0.2, 0) is 29.6 Å². The molecule has 0 aliphatic rings. The third kappa shape index (κ3) is 3.39. The number of hydrogen-bond acceptors (Lipinski definition) is 4. The molecule has 0 radical (unpaired) electrons. The van der Waals surface area contributed by atoms with Crippen molar-refractivity contribution in [3.8, 4) is 0 Å². The fraction of sp³-hybridized carbons (Fsp3) is 0.286. The number of aromatic nitrogens is 2. The number of hydrogen-bond donors (Lipinski definition) is 1. The minimum atomic E-state index is -0.277. The standard InChI is InChI=1S/C14H16BrN3O2/c1-9-14(15)12(18(2)17-9)8-20-13(19)7-10-3-5-11(16)6-4-10/h3-6H,7-8,16H2,1-2H3. The number of rotatable bonds is 4. The summed E-state index contributed by atoms with van der Waals surface area (Å²) >= 11 is 3.44. The van der Waals surface area contributed by atoms with Crippen LogP contribution in [0.1, 0.15) is 17.0 Å². The Morgan fingerprint density at radius 3 is 2.60 bits per heavy atom. The highest BCUT2D eigenvalue weighted by Gasteiger charge is 2.13. The Morgan fingerprint density at radius 1 is 1.40 bits per heavy atom. The number of aryl methyl sites for hydroxylation is 2. The molecule has 0 spiro atoms. The molecule has 0 saturated carbocycles. The normalized spacial score (nSPS) is 10.6. The van der Waals surface area contributed by atoms with Crippen LogP contribution in [0.5, 0.6) is 0 Å². The van der Waals surface area contributed by atoms with Crippen LogP contribution in [0.4, 0.5) is 5.69 Å². The molecular weight excluding hydrogens is 322 g/mol. The van der Waals surface area contributed by atoms with Crippen LogP contribution in [0.25, 0.3) is 0 Å². The van der Waals surface area contributed by atoms with Crippen LogP contribution in [0.3, 0.4) is 0 Å². The second kappa shape index (κ2) is 6.09. The van der Waals surface area contributed by atoms with Crippen molar-refractivity contribution in [3.05, 3.63) is 45.7 Å². The number of halogens is 1. The average molecular weight is 338 g/mol. The van der Waals surface area contributed by atoms with Crippen LogP contribution in [0.2, 0.25) is 0 Å². The molecule has 0 bridgehead atoms. The van der Waals surface area contributed by atoms with Crippen molar-refractivity contribution in [1.29, 1.82) is 0 Å². The first-order valence-corrected chi connectivity index (χ1v) is 6.94. The molecule has 6 heteroatoms. The van der Waals surface area contributed by atoms with Gasteiger partial charge in [0.25, 0.3) is 0 Å². The minimum absolute atomic E-state index is 0.200. The van der Waals surface area contributed by atoms with Gasteiger partial charge in [-0.05, 0) is 40.5 Å². The Bertz CT molecular complexity index is 620. The fourth-order valence-corrected chi connectivity index (χ4v) is 2.29. The van der Waals surface area contributed by atoms with Gasteiger partial charge in [0.1, 0.15) is 6.61 Å². The minimum Gasteiger partial charge on any atom is -0.459 e. The summed E-state index contributed by atoms with van der Waals surface area (Å²) in [4.78, 5) is 11.8. The summed E-state index contributed by atoms with van der Waals surface area (Å²) in [6, 6.07) is 7.18. The number of nitrogen functional groups attached to an aromatic ring is 1. The fourth-order valence-electron chi connectivity index (χ4n) is 1.84. The summed E-state index contributed by atoms with van der Waals surface area (Å²) in [6.07, 6.45) is 0.231. The van der Waals surface area contributed by atoms with E-state index in [1.165, 1.54) is 0 Å². The van der Waals surface area contributed by atoms with Gasteiger partial charge in [-0.25, -0.2) is 0 Å². The Kier molecular flexibility index (Phi) is 4.44. The largest absolute Gasteiger partial charge is 0.459 e. The van der Waals surface area contributed by atoms with E-state index in [0.29, 0.717) is 5.69 Å². The smallest absolute Gasteiger partial charge is 0.310 e. The zero-order valence-electron chi connectivity index (χ0n) is 11.4. The molecule has 1 heterocycles. The molecular formula is C14H16BrN3O2. The molecule has 0 aliphatic heterocycles. The molecule has 0 amide bonds. The predicted molar refractivity (Wildman–Crippen MR) is 80.0 cm³/mol. The van der Waals surface area contributed by atoms with Gasteiger partial charge in [0, 0.05) is 12.7 Å². The Balaban J connectivity index is 1.94. The quantitative estimate of drug-likeness (QED) is 0.686. The maximum atomic E-state index is 11.8. The zero-order valence-corrected chi connectivity index (χ0v) is 13.0. The molecule has 5 nitrogen and oxygen atoms in total. The molecule has 1 aromatic heterocycles. The van der Waals surface area contributed by atoms with E-state index in [1.54, 1.807) is 16.8 Å². The van der Waals surface area contributed by atoms with Gasteiger partial charge in [-0.3, -0.25) is 9.48 Å². The number of carbonyl (C=O) groups is 1. The van der Waals surface area contributed by atoms with E-state index in [9.17, 15) is 4.79 Å². The van der Waals surface area contributed by atoms with Gasteiger partial charge in [-0.2, -0.15) is 5.10 Å². The molecule has 0 unspecified atom stereocenters. The van der Waals surface area contributed by atoms with Gasteiger partial charge >= 0.3 is 5.97 Å². The van der Waals surface area contributed by atoms with Gasteiger partial charge < -0.3 is 10.5 Å². The van der Waals surface area contributed by atoms with Crippen molar-refractivity contribution in [1.82, 2.24) is 9.78 Å². The van der Waals surface area contributed by atoms with E-state index in [-0.39, 0.29) is 19.0 Å². The van der Waals surface area contributed by atoms with Crippen molar-refractivity contribution in [3.63, 3.8) is 0 Å². The number of nitrogens with two attached hydrogens (primary N) is 1. The Hall–Kier alpha value is -1.82. The van der Waals surface area contributed by atoms with Gasteiger partial charge in [0.15, 0.2) is 0 Å². The first-order valence-electron chi connectivity index (χ1n) is 6.15. The van der Waals surface area contributed by atoms with Crippen molar-refractivity contribution in [2.45, 2.75) is 20.0 Å². The third-order valence-electron chi connectivity index (χ3n) is 2.96. The highest BCUT2D eigenvalue weighted by molar-refractivity contribution is 9.10. The molecule has 20 heavy (non-hydrogen) atoms. The van der Waals surface area contributed by atoms with Crippen molar-refractivity contribution in [2.75, 3.05) is 5.73 Å². The predicted octanol–water partition coefficient (Wildman–Crippen LogP) is 2.36. The van der Waals surface area contributed by atoms with Crippen molar-refractivity contribution in [2.24, 2.45) is 7.05 Å². The number of ether oxygens (including phenoxy) is 1. The van der Waals surface area contributed by atoms with E-state index >= 15 is 0 Å². The third-order valence-corrected chi connectivity index (χ3v) is 3.99. The first kappa shape index (κ1) is 14.6. The van der Waals surface area contributed by atoms with E-state index < -0.39 is 0 Å². The number of esters is 1. The maximum absolute atomic E-state index is 11.8. The van der Waals surface area contributed by atoms with E-state index in [0.717, 1.165) is 21.4 Å². The van der Waals surface area contributed by atoms with E-state index in [1.807, 2.05) is 26.1 Å². The SMILES string of the molecule is Cc1nn(C)c(COC(=O)Cc2ccc(N)cc2)c1Br. The summed E-state index contributed by atoms with van der Waals surface area (Å²) in [7, 11) is 1.82. The molecule has 0 atom stereocenters. The van der Waals surface area contributed by atoms with Gasteiger partial charge in [0.05, 0.1) is 22.3 Å². The summed E-state index contributed by atoms with van der Waals surface area (Å²) in [5, 5.41) is 4.25. The van der Waals surface area contributed by atoms with Gasteiger partial charge in [-0.15, -0.1) is 0 Å². The number of anilines is 1. The Labute approximate surface area is 125 Å². The highest BCUT2D eigenvalue weighted by Crippen LogP contribution is 2.21. The lowest BCUT2D eigenvalue weighted by molar-refractivity contribution is -0.144. The van der Waals surface area contributed by atoms with E-state index in [2.05, 4.69) is 21.0 Å². The molecule has 106 valence electrons. The van der Waals surface area contributed by atoms with Crippen molar-refractivity contribution >= 4 is 27.6 Å². The van der Waals surface area contributed by atoms with Crippen LogP contribution in [0.15, 0.2) is 28.7 Å². The number of nitrogens with zero attached hydrogens (tertiary/aromatic N) is 2. The lowest BCUT2D eigenvalue weighted by atomic mass is 10.1. The van der Waals surface area contributed by atoms with Crippen molar-refractivity contribution < 1.29 is 9.53 Å². The molecule has 2 rings (SSSR count). The van der Waals surface area contributed by atoms with Crippen LogP contribution in [-0.4, -0.2) is 15.7 Å². The lowest BCUT2D eigenvalue weighted by Gasteiger charge is -2.06. The summed E-state index contributed by atoms with van der Waals surface area (Å²) in [5.74, 6) is -0.277. The lowest BCUT2D eigenvalue weighted by Crippen LogP contribution is -2.10. The monoisotopic (exact) mass is 337 g/mol.